The first kappa shape index (κ1) is 15.8. The highest BCUT2D eigenvalue weighted by Crippen LogP contribution is 1.82. The van der Waals surface area contributed by atoms with Gasteiger partial charge in [-0.3, -0.25) is 0 Å². The normalized spacial score (nSPS) is 11.2. The molecule has 0 bridgehead atoms. The van der Waals surface area contributed by atoms with Crippen molar-refractivity contribution in [2.45, 2.75) is 0 Å². The summed E-state index contributed by atoms with van der Waals surface area (Å²) >= 11 is 0. The molecular formula is C11H25NO4. The Hall–Kier alpha value is -0.200. The molecule has 98 valence electrons. The molecule has 0 spiro atoms. The van der Waals surface area contributed by atoms with E-state index in [1.54, 1.807) is 7.11 Å². The molecule has 0 aliphatic carbocycles. The Balaban J connectivity index is 2.88. The Bertz CT molecular complexity index is 133. The van der Waals surface area contributed by atoms with Crippen LogP contribution in [0.2, 0.25) is 0 Å². The highest BCUT2D eigenvalue weighted by molar-refractivity contribution is 4.40. The van der Waals surface area contributed by atoms with E-state index < -0.39 is 0 Å². The van der Waals surface area contributed by atoms with Crippen molar-refractivity contribution in [2.75, 3.05) is 74.0 Å². The molecule has 16 heavy (non-hydrogen) atoms. The standard InChI is InChI=1S/C11H25NO4/c1-12(2)4-5-14-8-9-16-11-10-15-7-6-13-3/h4-11H2,1-3H3. The molecule has 0 aliphatic heterocycles. The Morgan fingerprint density at radius 2 is 1.12 bits per heavy atom. The third-order valence-electron chi connectivity index (χ3n) is 1.86. The predicted molar refractivity (Wildman–Crippen MR) is 62.9 cm³/mol. The van der Waals surface area contributed by atoms with Gasteiger partial charge in [-0.2, -0.15) is 0 Å². The largest absolute Gasteiger partial charge is 0.382 e. The lowest BCUT2D eigenvalue weighted by molar-refractivity contribution is 0.00224. The Labute approximate surface area is 98.6 Å². The zero-order chi connectivity index (χ0) is 12.1. The number of likely N-dealkylation sites (N-methyl/N-ethyl adjacent to an activating group) is 1. The van der Waals surface area contributed by atoms with Crippen LogP contribution in [0.25, 0.3) is 0 Å². The SMILES string of the molecule is COCCOCCOCCOCCN(C)C. The fourth-order valence-electron chi connectivity index (χ4n) is 0.931. The van der Waals surface area contributed by atoms with Crippen LogP contribution in [0.1, 0.15) is 0 Å². The number of nitrogens with zero attached hydrogens (tertiary/aromatic N) is 1. The lowest BCUT2D eigenvalue weighted by Crippen LogP contribution is -2.19. The van der Waals surface area contributed by atoms with Gasteiger partial charge in [0.1, 0.15) is 0 Å². The molecule has 0 fully saturated rings. The van der Waals surface area contributed by atoms with Crippen LogP contribution in [-0.4, -0.2) is 78.9 Å². The van der Waals surface area contributed by atoms with Crippen molar-refractivity contribution in [3.63, 3.8) is 0 Å². The molecule has 0 amide bonds. The molecule has 0 radical (unpaired) electrons. The van der Waals surface area contributed by atoms with Crippen LogP contribution in [0.3, 0.4) is 0 Å². The van der Waals surface area contributed by atoms with E-state index >= 15 is 0 Å². The van der Waals surface area contributed by atoms with Gasteiger partial charge >= 0.3 is 0 Å². The minimum Gasteiger partial charge on any atom is -0.382 e. The zero-order valence-corrected chi connectivity index (χ0v) is 10.7. The van der Waals surface area contributed by atoms with Crippen LogP contribution in [-0.2, 0) is 18.9 Å². The van der Waals surface area contributed by atoms with Crippen molar-refractivity contribution in [1.82, 2.24) is 4.90 Å². The third kappa shape index (κ3) is 13.8. The van der Waals surface area contributed by atoms with Crippen LogP contribution in [0, 0.1) is 0 Å². The minimum absolute atomic E-state index is 0.612. The fraction of sp³-hybridized carbons (Fsp3) is 1.00. The molecule has 0 heterocycles. The molecule has 0 aromatic carbocycles. The molecule has 0 saturated heterocycles. The highest BCUT2D eigenvalue weighted by Gasteiger charge is 1.92. The smallest absolute Gasteiger partial charge is 0.0701 e. The molecule has 0 rings (SSSR count). The van der Waals surface area contributed by atoms with Gasteiger partial charge in [-0.05, 0) is 14.1 Å². The van der Waals surface area contributed by atoms with Crippen LogP contribution in [0.5, 0.6) is 0 Å². The first-order valence-corrected chi connectivity index (χ1v) is 5.64. The summed E-state index contributed by atoms with van der Waals surface area (Å²) in [6.45, 7) is 5.45. The second-order valence-electron chi connectivity index (χ2n) is 3.63. The summed E-state index contributed by atoms with van der Waals surface area (Å²) in [5.74, 6) is 0. The van der Waals surface area contributed by atoms with Gasteiger partial charge in [0.2, 0.25) is 0 Å². The maximum absolute atomic E-state index is 5.36. The summed E-state index contributed by atoms with van der Waals surface area (Å²) in [6, 6.07) is 0. The van der Waals surface area contributed by atoms with Crippen molar-refractivity contribution in [3.05, 3.63) is 0 Å². The van der Waals surface area contributed by atoms with Gasteiger partial charge < -0.3 is 23.8 Å². The molecule has 0 aromatic rings. The van der Waals surface area contributed by atoms with Crippen LogP contribution < -0.4 is 0 Å². The van der Waals surface area contributed by atoms with Gasteiger partial charge in [-0.1, -0.05) is 0 Å². The quantitative estimate of drug-likeness (QED) is 0.453. The molecule has 0 aromatic heterocycles. The van der Waals surface area contributed by atoms with Gasteiger partial charge in [0.25, 0.3) is 0 Å². The molecule has 5 nitrogen and oxygen atoms in total. The van der Waals surface area contributed by atoms with Gasteiger partial charge in [-0.15, -0.1) is 0 Å². The van der Waals surface area contributed by atoms with Gasteiger partial charge in [0.05, 0.1) is 46.2 Å². The van der Waals surface area contributed by atoms with E-state index in [4.69, 9.17) is 18.9 Å². The monoisotopic (exact) mass is 235 g/mol. The summed E-state index contributed by atoms with van der Waals surface area (Å²) in [4.78, 5) is 2.09. The summed E-state index contributed by atoms with van der Waals surface area (Å²) in [7, 11) is 5.71. The number of methoxy groups -OCH3 is 1. The highest BCUT2D eigenvalue weighted by atomic mass is 16.6. The second kappa shape index (κ2) is 12.9. The van der Waals surface area contributed by atoms with Crippen LogP contribution in [0.15, 0.2) is 0 Å². The summed E-state index contributed by atoms with van der Waals surface area (Å²) in [5, 5.41) is 0. The molecule has 0 N–H and O–H groups in total. The summed E-state index contributed by atoms with van der Waals surface area (Å²) < 4.78 is 20.8. The van der Waals surface area contributed by atoms with E-state index in [1.807, 2.05) is 14.1 Å². The van der Waals surface area contributed by atoms with Crippen molar-refractivity contribution in [3.8, 4) is 0 Å². The Kier molecular flexibility index (Phi) is 12.7. The maximum atomic E-state index is 5.36. The van der Waals surface area contributed by atoms with E-state index in [0.29, 0.717) is 39.6 Å². The molecule has 0 saturated carbocycles. The van der Waals surface area contributed by atoms with E-state index in [-0.39, 0.29) is 0 Å². The number of ether oxygens (including phenoxy) is 4. The predicted octanol–water partition coefficient (Wildman–Crippen LogP) is 0.244. The van der Waals surface area contributed by atoms with Crippen molar-refractivity contribution in [1.29, 1.82) is 0 Å². The lowest BCUT2D eigenvalue weighted by atomic mass is 10.6. The number of hydrogen-bond donors (Lipinski definition) is 0. The average Bonchev–Trinajstić information content (AvgIpc) is 2.25. The molecular weight excluding hydrogens is 210 g/mol. The van der Waals surface area contributed by atoms with Gasteiger partial charge in [0.15, 0.2) is 0 Å². The number of rotatable bonds is 12. The van der Waals surface area contributed by atoms with Crippen LogP contribution >= 0.6 is 0 Å². The zero-order valence-electron chi connectivity index (χ0n) is 10.7. The van der Waals surface area contributed by atoms with E-state index in [9.17, 15) is 0 Å². The average molecular weight is 235 g/mol. The Morgan fingerprint density at radius 3 is 1.56 bits per heavy atom. The summed E-state index contributed by atoms with van der Waals surface area (Å²) in [6.07, 6.45) is 0. The lowest BCUT2D eigenvalue weighted by Gasteiger charge is -2.10. The van der Waals surface area contributed by atoms with Gasteiger partial charge in [0, 0.05) is 13.7 Å². The third-order valence-corrected chi connectivity index (χ3v) is 1.86. The van der Waals surface area contributed by atoms with Crippen molar-refractivity contribution >= 4 is 0 Å². The van der Waals surface area contributed by atoms with E-state index in [2.05, 4.69) is 4.90 Å². The molecule has 0 unspecified atom stereocenters. The summed E-state index contributed by atoms with van der Waals surface area (Å²) in [5.41, 5.74) is 0. The molecule has 5 heteroatoms. The van der Waals surface area contributed by atoms with E-state index in [0.717, 1.165) is 13.2 Å². The topological polar surface area (TPSA) is 40.2 Å². The van der Waals surface area contributed by atoms with Crippen molar-refractivity contribution < 1.29 is 18.9 Å². The molecule has 0 atom stereocenters. The first-order valence-electron chi connectivity index (χ1n) is 5.64. The number of hydrogen-bond acceptors (Lipinski definition) is 5. The molecule has 0 aliphatic rings. The van der Waals surface area contributed by atoms with Crippen LogP contribution in [0.4, 0.5) is 0 Å². The Morgan fingerprint density at radius 1 is 0.688 bits per heavy atom. The second-order valence-corrected chi connectivity index (χ2v) is 3.63. The van der Waals surface area contributed by atoms with Gasteiger partial charge in [-0.25, -0.2) is 0 Å². The maximum Gasteiger partial charge on any atom is 0.0701 e. The minimum atomic E-state index is 0.612. The first-order chi connectivity index (χ1) is 7.77. The van der Waals surface area contributed by atoms with Crippen molar-refractivity contribution in [2.24, 2.45) is 0 Å². The van der Waals surface area contributed by atoms with E-state index in [1.165, 1.54) is 0 Å². The fourth-order valence-corrected chi connectivity index (χ4v) is 0.931.